The molecule has 1 aromatic carbocycles. The SMILES string of the molecule is N=C(N)c1ccc2c(Br)cc(Br)c(O)c2n1. The number of nitrogens with one attached hydrogen (secondary N) is 1. The average molecular weight is 345 g/mol. The Morgan fingerprint density at radius 2 is 2.00 bits per heavy atom. The van der Waals surface area contributed by atoms with E-state index in [1.165, 1.54) is 0 Å². The van der Waals surface area contributed by atoms with E-state index in [-0.39, 0.29) is 11.6 Å². The van der Waals surface area contributed by atoms with Gasteiger partial charge in [0.1, 0.15) is 17.0 Å². The lowest BCUT2D eigenvalue weighted by Crippen LogP contribution is -2.12. The van der Waals surface area contributed by atoms with E-state index in [2.05, 4.69) is 36.8 Å². The van der Waals surface area contributed by atoms with E-state index in [4.69, 9.17) is 11.1 Å². The number of hydrogen-bond acceptors (Lipinski definition) is 3. The molecule has 2 rings (SSSR count). The molecule has 0 radical (unpaired) electrons. The Morgan fingerprint density at radius 1 is 1.31 bits per heavy atom. The molecule has 0 bridgehead atoms. The van der Waals surface area contributed by atoms with E-state index >= 15 is 0 Å². The molecule has 0 aliphatic carbocycles. The van der Waals surface area contributed by atoms with Crippen LogP contribution in [0.2, 0.25) is 0 Å². The predicted octanol–water partition coefficient (Wildman–Crippen LogP) is 2.75. The minimum absolute atomic E-state index is 0.0429. The summed E-state index contributed by atoms with van der Waals surface area (Å²) in [6, 6.07) is 5.14. The second kappa shape index (κ2) is 4.03. The monoisotopic (exact) mass is 343 g/mol. The maximum atomic E-state index is 9.85. The number of halogens is 2. The summed E-state index contributed by atoms with van der Waals surface area (Å²) in [6.07, 6.45) is 0. The first-order valence-electron chi connectivity index (χ1n) is 4.33. The summed E-state index contributed by atoms with van der Waals surface area (Å²) in [5.41, 5.74) is 6.10. The van der Waals surface area contributed by atoms with Gasteiger partial charge >= 0.3 is 0 Å². The van der Waals surface area contributed by atoms with E-state index in [0.717, 1.165) is 9.86 Å². The number of hydrogen-bond donors (Lipinski definition) is 3. The third-order valence-corrected chi connectivity index (χ3v) is 3.39. The third kappa shape index (κ3) is 1.78. The van der Waals surface area contributed by atoms with Crippen LogP contribution in [0.1, 0.15) is 5.69 Å². The fourth-order valence-electron chi connectivity index (χ4n) is 1.35. The maximum Gasteiger partial charge on any atom is 0.156 e. The molecule has 1 aromatic heterocycles. The number of phenolic OH excluding ortho intramolecular Hbond substituents is 1. The Kier molecular flexibility index (Phi) is 2.86. The fourth-order valence-corrected chi connectivity index (χ4v) is 2.63. The summed E-state index contributed by atoms with van der Waals surface area (Å²) in [6.45, 7) is 0. The predicted molar refractivity (Wildman–Crippen MR) is 69.8 cm³/mol. The molecule has 0 aliphatic rings. The Balaban J connectivity index is 2.86. The molecule has 0 spiro atoms. The van der Waals surface area contributed by atoms with Crippen LogP contribution in [0.5, 0.6) is 5.75 Å². The van der Waals surface area contributed by atoms with Crippen molar-refractivity contribution >= 4 is 48.6 Å². The Bertz CT molecular complexity index is 598. The minimum atomic E-state index is -0.127. The molecule has 0 fully saturated rings. The summed E-state index contributed by atoms with van der Waals surface area (Å²) in [7, 11) is 0. The maximum absolute atomic E-state index is 9.85. The van der Waals surface area contributed by atoms with Gasteiger partial charge in [-0.15, -0.1) is 0 Å². The summed E-state index contributed by atoms with van der Waals surface area (Å²) in [5, 5.41) is 17.9. The first kappa shape index (κ1) is 11.3. The number of phenols is 1. The zero-order valence-corrected chi connectivity index (χ0v) is 11.1. The van der Waals surface area contributed by atoms with E-state index in [1.54, 1.807) is 18.2 Å². The molecular formula is C10H7Br2N3O. The zero-order chi connectivity index (χ0) is 11.9. The largest absolute Gasteiger partial charge is 0.505 e. The molecule has 0 saturated carbocycles. The van der Waals surface area contributed by atoms with Crippen LogP contribution in [-0.2, 0) is 0 Å². The van der Waals surface area contributed by atoms with Gasteiger partial charge in [0.2, 0.25) is 0 Å². The van der Waals surface area contributed by atoms with Gasteiger partial charge in [-0.2, -0.15) is 0 Å². The van der Waals surface area contributed by atoms with Crippen molar-refractivity contribution in [1.29, 1.82) is 5.41 Å². The van der Waals surface area contributed by atoms with Gasteiger partial charge in [0.25, 0.3) is 0 Å². The van der Waals surface area contributed by atoms with Crippen LogP contribution in [0.25, 0.3) is 10.9 Å². The molecule has 0 aliphatic heterocycles. The minimum Gasteiger partial charge on any atom is -0.505 e. The van der Waals surface area contributed by atoms with Crippen molar-refractivity contribution in [2.75, 3.05) is 0 Å². The second-order valence-corrected chi connectivity index (χ2v) is 4.90. The first-order chi connectivity index (χ1) is 7.50. The van der Waals surface area contributed by atoms with Crippen molar-refractivity contribution in [3.05, 3.63) is 32.8 Å². The van der Waals surface area contributed by atoms with Crippen LogP contribution in [0.15, 0.2) is 27.1 Å². The molecule has 0 saturated heterocycles. The molecule has 16 heavy (non-hydrogen) atoms. The van der Waals surface area contributed by atoms with Gasteiger partial charge in [0.05, 0.1) is 4.47 Å². The van der Waals surface area contributed by atoms with Gasteiger partial charge in [0.15, 0.2) is 5.75 Å². The standard InChI is InChI=1S/C10H7Br2N3O/c11-5-3-6(12)9(16)8-4(5)1-2-7(15-8)10(13)14/h1-3,16H,(H3,13,14). The van der Waals surface area contributed by atoms with Crippen molar-refractivity contribution in [2.24, 2.45) is 5.73 Å². The molecule has 82 valence electrons. The topological polar surface area (TPSA) is 83.0 Å². The molecule has 6 heteroatoms. The summed E-state index contributed by atoms with van der Waals surface area (Å²) in [5.74, 6) is -0.0845. The molecule has 0 atom stereocenters. The molecule has 0 unspecified atom stereocenters. The van der Waals surface area contributed by atoms with Gasteiger partial charge in [-0.3, -0.25) is 5.41 Å². The zero-order valence-electron chi connectivity index (χ0n) is 7.96. The first-order valence-corrected chi connectivity index (χ1v) is 5.91. The highest BCUT2D eigenvalue weighted by Crippen LogP contribution is 2.36. The number of fused-ring (bicyclic) bond motifs is 1. The number of benzene rings is 1. The van der Waals surface area contributed by atoms with E-state index in [0.29, 0.717) is 15.7 Å². The van der Waals surface area contributed by atoms with Crippen molar-refractivity contribution < 1.29 is 5.11 Å². The van der Waals surface area contributed by atoms with Crippen LogP contribution in [-0.4, -0.2) is 15.9 Å². The second-order valence-electron chi connectivity index (χ2n) is 3.20. The summed E-state index contributed by atoms with van der Waals surface area (Å²) < 4.78 is 1.36. The number of pyridine rings is 1. The van der Waals surface area contributed by atoms with E-state index in [9.17, 15) is 5.11 Å². The summed E-state index contributed by atoms with van der Waals surface area (Å²) >= 11 is 6.60. The highest BCUT2D eigenvalue weighted by atomic mass is 79.9. The Labute approximate surface area is 108 Å². The number of nitrogens with two attached hydrogens (primary N) is 1. The fraction of sp³-hybridized carbons (Fsp3) is 0. The number of aromatic nitrogens is 1. The third-order valence-electron chi connectivity index (χ3n) is 2.13. The molecule has 4 nitrogen and oxygen atoms in total. The Morgan fingerprint density at radius 3 is 2.62 bits per heavy atom. The molecule has 1 heterocycles. The molecule has 4 N–H and O–H groups in total. The highest BCUT2D eigenvalue weighted by Gasteiger charge is 2.11. The Hall–Kier alpha value is -1.14. The number of nitrogens with zero attached hydrogens (tertiary/aromatic N) is 1. The van der Waals surface area contributed by atoms with Crippen molar-refractivity contribution in [2.45, 2.75) is 0 Å². The van der Waals surface area contributed by atoms with Crippen molar-refractivity contribution in [3.63, 3.8) is 0 Å². The normalized spacial score (nSPS) is 10.6. The van der Waals surface area contributed by atoms with Gasteiger partial charge in [-0.05, 0) is 34.1 Å². The van der Waals surface area contributed by atoms with Gasteiger partial charge in [0, 0.05) is 9.86 Å². The van der Waals surface area contributed by atoms with Crippen LogP contribution in [0, 0.1) is 5.41 Å². The number of rotatable bonds is 1. The average Bonchev–Trinajstić information content (AvgIpc) is 2.25. The van der Waals surface area contributed by atoms with Gasteiger partial charge in [-0.25, -0.2) is 4.98 Å². The lowest BCUT2D eigenvalue weighted by atomic mass is 10.2. The van der Waals surface area contributed by atoms with Crippen LogP contribution >= 0.6 is 31.9 Å². The quantitative estimate of drug-likeness (QED) is 0.549. The number of nitrogen functional groups attached to an aromatic ring is 1. The van der Waals surface area contributed by atoms with E-state index in [1.807, 2.05) is 0 Å². The van der Waals surface area contributed by atoms with Gasteiger partial charge in [-0.1, -0.05) is 15.9 Å². The van der Waals surface area contributed by atoms with Crippen LogP contribution in [0.4, 0.5) is 0 Å². The van der Waals surface area contributed by atoms with Crippen LogP contribution < -0.4 is 5.73 Å². The molecule has 0 amide bonds. The number of amidine groups is 1. The number of aromatic hydroxyl groups is 1. The van der Waals surface area contributed by atoms with Crippen molar-refractivity contribution in [3.8, 4) is 5.75 Å². The van der Waals surface area contributed by atoms with Crippen LogP contribution in [0.3, 0.4) is 0 Å². The van der Waals surface area contributed by atoms with Crippen molar-refractivity contribution in [1.82, 2.24) is 4.98 Å². The van der Waals surface area contributed by atoms with Gasteiger partial charge < -0.3 is 10.8 Å². The highest BCUT2D eigenvalue weighted by molar-refractivity contribution is 9.11. The van der Waals surface area contributed by atoms with E-state index < -0.39 is 0 Å². The lowest BCUT2D eigenvalue weighted by Gasteiger charge is -2.06. The summed E-state index contributed by atoms with van der Waals surface area (Å²) in [4.78, 5) is 4.14. The lowest BCUT2D eigenvalue weighted by molar-refractivity contribution is 0.477. The molecule has 2 aromatic rings. The smallest absolute Gasteiger partial charge is 0.156 e. The molecular weight excluding hydrogens is 338 g/mol.